The van der Waals surface area contributed by atoms with E-state index in [1.165, 1.54) is 0 Å². The third-order valence-corrected chi connectivity index (χ3v) is 11.3. The number of halogens is 5. The molecule has 0 saturated heterocycles. The molecule has 0 heterocycles. The molecule has 1 aromatic rings. The second-order valence-electron chi connectivity index (χ2n) is 11.6. The first-order chi connectivity index (χ1) is 16.8. The van der Waals surface area contributed by atoms with Gasteiger partial charge in [0, 0.05) is 29.7 Å². The van der Waals surface area contributed by atoms with Crippen LogP contribution in [0.15, 0.2) is 12.1 Å². The SMILES string of the molecule is CC(C)(C)OC(=O)NCC[C@@H](CC(OS(C)(=O)=O)c1c(F)cc(C(F)(F)F)cc1Cl)O[Si](C)(C)C(C)(C)C. The Labute approximate surface area is 228 Å². The summed E-state index contributed by atoms with van der Waals surface area (Å²) in [6.07, 6.45) is -7.29. The summed E-state index contributed by atoms with van der Waals surface area (Å²) >= 11 is 6.04. The zero-order valence-corrected chi connectivity index (χ0v) is 25.8. The van der Waals surface area contributed by atoms with Gasteiger partial charge in [0.05, 0.1) is 11.8 Å². The fraction of sp³-hybridized carbons (Fsp3) is 0.708. The van der Waals surface area contributed by atoms with Crippen LogP contribution in [0.5, 0.6) is 0 Å². The number of hydrogen-bond acceptors (Lipinski definition) is 6. The van der Waals surface area contributed by atoms with Crippen molar-refractivity contribution in [2.45, 2.75) is 96.5 Å². The molecule has 0 aromatic heterocycles. The van der Waals surface area contributed by atoms with Crippen LogP contribution in [0.25, 0.3) is 0 Å². The van der Waals surface area contributed by atoms with Gasteiger partial charge in [-0.2, -0.15) is 21.6 Å². The molecule has 1 aromatic carbocycles. The fourth-order valence-electron chi connectivity index (χ4n) is 3.18. The van der Waals surface area contributed by atoms with Gasteiger partial charge in [0.1, 0.15) is 17.5 Å². The van der Waals surface area contributed by atoms with Crippen LogP contribution in [0.4, 0.5) is 22.4 Å². The van der Waals surface area contributed by atoms with Crippen molar-refractivity contribution in [3.05, 3.63) is 34.1 Å². The summed E-state index contributed by atoms with van der Waals surface area (Å²) in [7, 11) is -6.69. The Kier molecular flexibility index (Phi) is 11.3. The van der Waals surface area contributed by atoms with Crippen LogP contribution in [-0.4, -0.2) is 47.3 Å². The van der Waals surface area contributed by atoms with Crippen LogP contribution in [-0.2, 0) is 29.6 Å². The Morgan fingerprint density at radius 3 is 2.08 bits per heavy atom. The number of carbonyl (C=O) groups excluding carboxylic acids is 1. The summed E-state index contributed by atoms with van der Waals surface area (Å²) in [5.74, 6) is -1.36. The van der Waals surface area contributed by atoms with Crippen LogP contribution in [0.1, 0.15) is 71.6 Å². The van der Waals surface area contributed by atoms with Gasteiger partial charge in [-0.3, -0.25) is 4.18 Å². The summed E-state index contributed by atoms with van der Waals surface area (Å²) < 4.78 is 95.3. The number of rotatable bonds is 10. The molecule has 38 heavy (non-hydrogen) atoms. The van der Waals surface area contributed by atoms with Crippen molar-refractivity contribution in [1.29, 1.82) is 0 Å². The summed E-state index contributed by atoms with van der Waals surface area (Å²) in [5.41, 5.74) is -2.58. The summed E-state index contributed by atoms with van der Waals surface area (Å²) in [6, 6.07) is 0.764. The van der Waals surface area contributed by atoms with Gasteiger partial charge in [0.2, 0.25) is 0 Å². The molecule has 0 spiro atoms. The Balaban J connectivity index is 3.40. The van der Waals surface area contributed by atoms with E-state index in [9.17, 15) is 30.8 Å². The van der Waals surface area contributed by atoms with Crippen LogP contribution in [0.3, 0.4) is 0 Å². The van der Waals surface area contributed by atoms with E-state index in [1.807, 2.05) is 33.9 Å². The van der Waals surface area contributed by atoms with Gasteiger partial charge in [0.15, 0.2) is 8.32 Å². The number of amides is 1. The molecular weight excluding hydrogens is 570 g/mol. The van der Waals surface area contributed by atoms with E-state index >= 15 is 0 Å². The highest BCUT2D eigenvalue weighted by atomic mass is 35.5. The minimum absolute atomic E-state index is 0.0586. The number of hydrogen-bond donors (Lipinski definition) is 1. The van der Waals surface area contributed by atoms with Gasteiger partial charge in [-0.15, -0.1) is 0 Å². The first kappa shape index (κ1) is 34.6. The van der Waals surface area contributed by atoms with Crippen LogP contribution >= 0.6 is 11.6 Å². The number of alkyl halides is 3. The second-order valence-corrected chi connectivity index (χ2v) is 18.4. The van der Waals surface area contributed by atoms with Crippen molar-refractivity contribution in [2.75, 3.05) is 12.8 Å². The van der Waals surface area contributed by atoms with Crippen molar-refractivity contribution in [1.82, 2.24) is 5.32 Å². The largest absolute Gasteiger partial charge is 0.444 e. The van der Waals surface area contributed by atoms with Crippen LogP contribution in [0, 0.1) is 5.82 Å². The molecule has 0 aliphatic rings. The lowest BCUT2D eigenvalue weighted by Gasteiger charge is -2.40. The average molecular weight is 608 g/mol. The standard InChI is InChI=1S/C24H38ClF4NO6SSi/c1-22(2,3)34-21(31)30-11-10-16(36-38(8,9)23(4,5)6)14-19(35-37(7,32)33)20-17(25)12-15(13-18(20)26)24(27,28)29/h12-13,16,19H,10-11,14H2,1-9H3,(H,30,31)/t16-,19?/m0/s1. The average Bonchev–Trinajstić information content (AvgIpc) is 2.62. The van der Waals surface area contributed by atoms with E-state index in [2.05, 4.69) is 5.32 Å². The molecule has 2 atom stereocenters. The van der Waals surface area contributed by atoms with Crippen LogP contribution in [0.2, 0.25) is 23.2 Å². The zero-order chi connectivity index (χ0) is 29.9. The topological polar surface area (TPSA) is 90.9 Å². The van der Waals surface area contributed by atoms with Crippen molar-refractivity contribution in [2.24, 2.45) is 0 Å². The quantitative estimate of drug-likeness (QED) is 0.172. The van der Waals surface area contributed by atoms with E-state index in [4.69, 9.17) is 24.9 Å². The molecule has 1 N–H and O–H groups in total. The first-order valence-electron chi connectivity index (χ1n) is 11.9. The second kappa shape index (κ2) is 12.4. The predicted molar refractivity (Wildman–Crippen MR) is 141 cm³/mol. The predicted octanol–water partition coefficient (Wildman–Crippen LogP) is 7.21. The number of carbonyl (C=O) groups is 1. The summed E-state index contributed by atoms with van der Waals surface area (Å²) in [6.45, 7) is 15.0. The minimum atomic E-state index is -4.86. The maximum Gasteiger partial charge on any atom is 0.416 e. The van der Waals surface area contributed by atoms with Gasteiger partial charge in [0.25, 0.3) is 10.1 Å². The Morgan fingerprint density at radius 2 is 1.66 bits per heavy atom. The first-order valence-corrected chi connectivity index (χ1v) is 17.0. The van der Waals surface area contributed by atoms with Gasteiger partial charge in [-0.05, 0) is 57.5 Å². The van der Waals surface area contributed by atoms with E-state index in [0.29, 0.717) is 6.07 Å². The van der Waals surface area contributed by atoms with Crippen molar-refractivity contribution in [3.63, 3.8) is 0 Å². The van der Waals surface area contributed by atoms with Crippen molar-refractivity contribution < 1.29 is 44.1 Å². The molecule has 220 valence electrons. The summed E-state index contributed by atoms with van der Waals surface area (Å²) in [5, 5.41) is 1.69. The molecule has 1 amide bonds. The normalized spacial score (nSPS) is 15.2. The molecule has 14 heteroatoms. The minimum Gasteiger partial charge on any atom is -0.444 e. The van der Waals surface area contributed by atoms with Gasteiger partial charge >= 0.3 is 12.3 Å². The molecule has 0 aliphatic carbocycles. The lowest BCUT2D eigenvalue weighted by Crippen LogP contribution is -2.45. The molecule has 7 nitrogen and oxygen atoms in total. The maximum absolute atomic E-state index is 15.0. The van der Waals surface area contributed by atoms with Gasteiger partial charge in [-0.25, -0.2) is 9.18 Å². The Morgan fingerprint density at radius 1 is 1.11 bits per heavy atom. The number of alkyl carbamates (subject to hydrolysis) is 1. The number of ether oxygens (including phenoxy) is 1. The maximum atomic E-state index is 15.0. The highest BCUT2D eigenvalue weighted by Crippen LogP contribution is 2.41. The molecule has 0 radical (unpaired) electrons. The van der Waals surface area contributed by atoms with Crippen molar-refractivity contribution in [3.8, 4) is 0 Å². The third kappa shape index (κ3) is 11.4. The highest BCUT2D eigenvalue weighted by molar-refractivity contribution is 7.86. The smallest absolute Gasteiger partial charge is 0.416 e. The molecule has 1 unspecified atom stereocenters. The molecule has 0 bridgehead atoms. The zero-order valence-electron chi connectivity index (χ0n) is 23.2. The molecule has 1 rings (SSSR count). The highest BCUT2D eigenvalue weighted by Gasteiger charge is 2.41. The van der Waals surface area contributed by atoms with Gasteiger partial charge in [-0.1, -0.05) is 32.4 Å². The van der Waals surface area contributed by atoms with Crippen molar-refractivity contribution >= 4 is 36.1 Å². The Bertz CT molecular complexity index is 1060. The van der Waals surface area contributed by atoms with E-state index in [-0.39, 0.29) is 30.5 Å². The Hall–Kier alpha value is -1.41. The lowest BCUT2D eigenvalue weighted by molar-refractivity contribution is -0.137. The van der Waals surface area contributed by atoms with E-state index < -0.39 is 70.5 Å². The van der Waals surface area contributed by atoms with Gasteiger partial charge < -0.3 is 14.5 Å². The monoisotopic (exact) mass is 607 g/mol. The molecule has 0 saturated carbocycles. The van der Waals surface area contributed by atoms with Crippen LogP contribution < -0.4 is 5.32 Å². The van der Waals surface area contributed by atoms with E-state index in [0.717, 1.165) is 6.26 Å². The molecule has 0 fully saturated rings. The summed E-state index contributed by atoms with van der Waals surface area (Å²) in [4.78, 5) is 12.1. The fourth-order valence-corrected chi connectivity index (χ4v) is 5.51. The molecule has 0 aliphatic heterocycles. The molecular formula is C24H38ClF4NO6SSi. The number of nitrogens with one attached hydrogen (secondary N) is 1. The number of benzene rings is 1. The van der Waals surface area contributed by atoms with E-state index in [1.54, 1.807) is 20.8 Å². The third-order valence-electron chi connectivity index (χ3n) is 5.90. The lowest BCUT2D eigenvalue weighted by atomic mass is 9.99.